The normalized spacial score (nSPS) is 17.8. The lowest BCUT2D eigenvalue weighted by Gasteiger charge is -2.24. The maximum atomic E-state index is 5.66. The molecule has 3 heteroatoms. The molecule has 6 atom stereocenters. The number of ether oxygens (including phenoxy) is 2. The molecule has 0 N–H and O–H groups in total. The molecule has 0 radical (unpaired) electrons. The van der Waals surface area contributed by atoms with Crippen molar-refractivity contribution in [3.8, 4) is 0 Å². The minimum absolute atomic E-state index is 0.474. The SMILES string of the molecule is CCCCCCCOCOCCCC(C)CC(C)CC(C)CC(C)CC(C)CC(C)Br. The Morgan fingerprint density at radius 1 is 0.548 bits per heavy atom. The standard InChI is InChI=1S/C28H57BrO2/c1-8-9-10-11-12-15-30-22-31-16-13-14-23(2)17-24(3)18-25(4)19-26(5)20-27(6)21-28(7)29/h23-28H,8-22H2,1-7H3. The fraction of sp³-hybridized carbons (Fsp3) is 1.00. The van der Waals surface area contributed by atoms with Gasteiger partial charge < -0.3 is 9.47 Å². The van der Waals surface area contributed by atoms with Crippen LogP contribution in [0.15, 0.2) is 0 Å². The molecule has 0 spiro atoms. The van der Waals surface area contributed by atoms with E-state index in [0.29, 0.717) is 11.6 Å². The first kappa shape index (κ1) is 31.4. The van der Waals surface area contributed by atoms with Gasteiger partial charge in [-0.15, -0.1) is 0 Å². The second kappa shape index (κ2) is 21.0. The molecular weight excluding hydrogens is 448 g/mol. The molecule has 0 saturated heterocycles. The molecule has 0 aromatic carbocycles. The Morgan fingerprint density at radius 2 is 1.00 bits per heavy atom. The number of rotatable bonds is 22. The Morgan fingerprint density at radius 3 is 1.52 bits per heavy atom. The van der Waals surface area contributed by atoms with E-state index >= 15 is 0 Å². The lowest BCUT2D eigenvalue weighted by molar-refractivity contribution is -0.0561. The topological polar surface area (TPSA) is 18.5 Å². The highest BCUT2D eigenvalue weighted by atomic mass is 79.9. The van der Waals surface area contributed by atoms with E-state index in [1.807, 2.05) is 0 Å². The van der Waals surface area contributed by atoms with E-state index in [1.54, 1.807) is 0 Å². The molecule has 0 aliphatic carbocycles. The van der Waals surface area contributed by atoms with E-state index in [4.69, 9.17) is 9.47 Å². The van der Waals surface area contributed by atoms with Crippen LogP contribution in [0.25, 0.3) is 0 Å². The third kappa shape index (κ3) is 22.0. The molecule has 0 aliphatic heterocycles. The number of alkyl halides is 1. The van der Waals surface area contributed by atoms with Gasteiger partial charge in [-0.2, -0.15) is 0 Å². The van der Waals surface area contributed by atoms with E-state index in [9.17, 15) is 0 Å². The first-order valence-electron chi connectivity index (χ1n) is 13.5. The molecule has 0 aromatic heterocycles. The van der Waals surface area contributed by atoms with E-state index in [-0.39, 0.29) is 0 Å². The van der Waals surface area contributed by atoms with Crippen molar-refractivity contribution in [2.45, 2.75) is 130 Å². The second-order valence-corrected chi connectivity index (χ2v) is 12.5. The Balaban J connectivity index is 3.68. The van der Waals surface area contributed by atoms with E-state index in [0.717, 1.165) is 49.2 Å². The van der Waals surface area contributed by atoms with Gasteiger partial charge in [0.1, 0.15) is 6.79 Å². The second-order valence-electron chi connectivity index (χ2n) is 11.0. The number of halogens is 1. The molecule has 188 valence electrons. The molecule has 0 amide bonds. The van der Waals surface area contributed by atoms with Crippen molar-refractivity contribution in [2.24, 2.45) is 29.6 Å². The van der Waals surface area contributed by atoms with Gasteiger partial charge >= 0.3 is 0 Å². The molecule has 0 fully saturated rings. The summed E-state index contributed by atoms with van der Waals surface area (Å²) in [5.41, 5.74) is 0. The zero-order valence-electron chi connectivity index (χ0n) is 22.3. The molecule has 2 nitrogen and oxygen atoms in total. The summed E-state index contributed by atoms with van der Waals surface area (Å²) in [6, 6.07) is 0. The van der Waals surface area contributed by atoms with Crippen LogP contribution in [0.4, 0.5) is 0 Å². The first-order valence-corrected chi connectivity index (χ1v) is 14.5. The van der Waals surface area contributed by atoms with Crippen molar-refractivity contribution < 1.29 is 9.47 Å². The number of hydrogen-bond donors (Lipinski definition) is 0. The summed E-state index contributed by atoms with van der Waals surface area (Å²) in [6.45, 7) is 18.9. The van der Waals surface area contributed by atoms with Crippen LogP contribution in [0, 0.1) is 29.6 Å². The third-order valence-electron chi connectivity index (χ3n) is 6.49. The zero-order chi connectivity index (χ0) is 23.5. The van der Waals surface area contributed by atoms with Gasteiger partial charge in [0.05, 0.1) is 0 Å². The predicted octanol–water partition coefficient (Wildman–Crippen LogP) is 9.64. The molecule has 6 unspecified atom stereocenters. The van der Waals surface area contributed by atoms with E-state index < -0.39 is 0 Å². The van der Waals surface area contributed by atoms with E-state index in [2.05, 4.69) is 64.4 Å². The summed E-state index contributed by atoms with van der Waals surface area (Å²) in [7, 11) is 0. The van der Waals surface area contributed by atoms with Crippen molar-refractivity contribution in [3.63, 3.8) is 0 Å². The molecular formula is C28H57BrO2. The lowest BCUT2D eigenvalue weighted by atomic mass is 9.82. The summed E-state index contributed by atoms with van der Waals surface area (Å²) in [5.74, 6) is 4.13. The third-order valence-corrected chi connectivity index (χ3v) is 6.86. The minimum atomic E-state index is 0.474. The molecule has 0 aromatic rings. The van der Waals surface area contributed by atoms with Crippen molar-refractivity contribution in [1.82, 2.24) is 0 Å². The van der Waals surface area contributed by atoms with Gasteiger partial charge in [0.15, 0.2) is 0 Å². The summed E-state index contributed by atoms with van der Waals surface area (Å²) < 4.78 is 11.2. The van der Waals surface area contributed by atoms with Gasteiger partial charge in [-0.1, -0.05) is 90.1 Å². The first-order chi connectivity index (χ1) is 14.7. The van der Waals surface area contributed by atoms with Gasteiger partial charge in [0, 0.05) is 18.0 Å². The Hall–Kier alpha value is 0.400. The van der Waals surface area contributed by atoms with E-state index in [1.165, 1.54) is 70.6 Å². The summed E-state index contributed by atoms with van der Waals surface area (Å²) in [6.07, 6.45) is 15.6. The highest BCUT2D eigenvalue weighted by Gasteiger charge is 2.17. The average molecular weight is 506 g/mol. The Bertz CT molecular complexity index is 374. The van der Waals surface area contributed by atoms with Gasteiger partial charge in [0.25, 0.3) is 0 Å². The summed E-state index contributed by atoms with van der Waals surface area (Å²) in [5, 5.41) is 0. The fourth-order valence-electron chi connectivity index (χ4n) is 5.32. The largest absolute Gasteiger partial charge is 0.355 e. The lowest BCUT2D eigenvalue weighted by Crippen LogP contribution is -2.13. The monoisotopic (exact) mass is 504 g/mol. The average Bonchev–Trinajstić information content (AvgIpc) is 2.64. The zero-order valence-corrected chi connectivity index (χ0v) is 23.9. The Labute approximate surface area is 205 Å². The predicted molar refractivity (Wildman–Crippen MR) is 142 cm³/mol. The molecule has 0 saturated carbocycles. The number of unbranched alkanes of at least 4 members (excludes halogenated alkanes) is 4. The quantitative estimate of drug-likeness (QED) is 0.0828. The highest BCUT2D eigenvalue weighted by Crippen LogP contribution is 2.29. The maximum absolute atomic E-state index is 5.66. The van der Waals surface area contributed by atoms with Crippen molar-refractivity contribution in [3.05, 3.63) is 0 Å². The van der Waals surface area contributed by atoms with Crippen LogP contribution in [0.3, 0.4) is 0 Å². The summed E-state index contributed by atoms with van der Waals surface area (Å²) in [4.78, 5) is 0.645. The molecule has 31 heavy (non-hydrogen) atoms. The Kier molecular flexibility index (Phi) is 21.2. The maximum Gasteiger partial charge on any atom is 0.146 e. The summed E-state index contributed by atoms with van der Waals surface area (Å²) >= 11 is 3.70. The van der Waals surface area contributed by atoms with Crippen LogP contribution >= 0.6 is 15.9 Å². The van der Waals surface area contributed by atoms with Crippen LogP contribution in [-0.4, -0.2) is 24.8 Å². The molecule has 0 rings (SSSR count). The van der Waals surface area contributed by atoms with Crippen LogP contribution in [0.1, 0.15) is 126 Å². The van der Waals surface area contributed by atoms with Crippen molar-refractivity contribution >= 4 is 15.9 Å². The van der Waals surface area contributed by atoms with Crippen molar-refractivity contribution in [2.75, 3.05) is 20.0 Å². The van der Waals surface area contributed by atoms with Gasteiger partial charge in [0.2, 0.25) is 0 Å². The highest BCUT2D eigenvalue weighted by molar-refractivity contribution is 9.09. The van der Waals surface area contributed by atoms with Crippen LogP contribution in [-0.2, 0) is 9.47 Å². The molecule has 0 heterocycles. The van der Waals surface area contributed by atoms with Gasteiger partial charge in [-0.3, -0.25) is 0 Å². The van der Waals surface area contributed by atoms with Crippen LogP contribution < -0.4 is 0 Å². The molecule has 0 aliphatic rings. The van der Waals surface area contributed by atoms with Crippen LogP contribution in [0.5, 0.6) is 0 Å². The molecule has 0 bridgehead atoms. The fourth-order valence-corrected chi connectivity index (χ4v) is 5.96. The minimum Gasteiger partial charge on any atom is -0.355 e. The van der Waals surface area contributed by atoms with Gasteiger partial charge in [-0.25, -0.2) is 0 Å². The smallest absolute Gasteiger partial charge is 0.146 e. The van der Waals surface area contributed by atoms with Crippen molar-refractivity contribution in [1.29, 1.82) is 0 Å². The van der Waals surface area contributed by atoms with Gasteiger partial charge in [-0.05, 0) is 81.0 Å². The number of hydrogen-bond acceptors (Lipinski definition) is 2. The van der Waals surface area contributed by atoms with Crippen LogP contribution in [0.2, 0.25) is 0 Å².